The van der Waals surface area contributed by atoms with E-state index >= 15 is 0 Å². The molecule has 1 saturated heterocycles. The summed E-state index contributed by atoms with van der Waals surface area (Å²) in [6.45, 7) is 2.61. The van der Waals surface area contributed by atoms with Crippen molar-refractivity contribution >= 4 is 15.9 Å². The zero-order valence-electron chi connectivity index (χ0n) is 17.6. The molecule has 0 atom stereocenters. The van der Waals surface area contributed by atoms with Crippen LogP contribution in [0.5, 0.6) is 5.75 Å². The fraction of sp³-hybridized carbons (Fsp3) is 0.350. The van der Waals surface area contributed by atoms with Crippen molar-refractivity contribution in [3.63, 3.8) is 0 Å². The van der Waals surface area contributed by atoms with Gasteiger partial charge in [-0.25, -0.2) is 13.1 Å². The zero-order chi connectivity index (χ0) is 22.7. The molecule has 3 aromatic rings. The van der Waals surface area contributed by atoms with Crippen LogP contribution in [0.15, 0.2) is 50.4 Å². The Kier molecular flexibility index (Phi) is 6.26. The topological polar surface area (TPSA) is 131 Å². The van der Waals surface area contributed by atoms with Crippen molar-refractivity contribution in [2.75, 3.05) is 40.3 Å². The number of benzene rings is 1. The fourth-order valence-electron chi connectivity index (χ4n) is 3.31. The first kappa shape index (κ1) is 22.0. The molecule has 32 heavy (non-hydrogen) atoms. The lowest BCUT2D eigenvalue weighted by molar-refractivity contribution is 0.0579. The minimum Gasteiger partial charge on any atom is -0.497 e. The minimum atomic E-state index is -3.73. The number of methoxy groups -OCH3 is 1. The van der Waals surface area contributed by atoms with E-state index in [1.165, 1.54) is 19.2 Å². The van der Waals surface area contributed by atoms with E-state index < -0.39 is 10.0 Å². The molecule has 1 aliphatic rings. The van der Waals surface area contributed by atoms with E-state index in [0.29, 0.717) is 44.4 Å². The molecule has 0 unspecified atom stereocenters. The second-order valence-electron chi connectivity index (χ2n) is 7.13. The number of carbonyl (C=O) groups excluding carboxylic acids is 1. The van der Waals surface area contributed by atoms with Crippen LogP contribution in [0.3, 0.4) is 0 Å². The number of hydrogen-bond donors (Lipinski definition) is 1. The van der Waals surface area contributed by atoms with Crippen LogP contribution in [0.2, 0.25) is 0 Å². The quantitative estimate of drug-likeness (QED) is 0.551. The van der Waals surface area contributed by atoms with Crippen LogP contribution >= 0.6 is 0 Å². The molecule has 1 N–H and O–H groups in total. The molecule has 11 nitrogen and oxygen atoms in total. The van der Waals surface area contributed by atoms with Gasteiger partial charge in [-0.05, 0) is 43.4 Å². The highest BCUT2D eigenvalue weighted by Crippen LogP contribution is 2.21. The number of amides is 1. The first-order valence-corrected chi connectivity index (χ1v) is 11.4. The second-order valence-corrected chi connectivity index (χ2v) is 8.95. The van der Waals surface area contributed by atoms with E-state index in [-0.39, 0.29) is 16.8 Å². The predicted octanol–water partition coefficient (Wildman–Crippen LogP) is 1.20. The van der Waals surface area contributed by atoms with Gasteiger partial charge in [-0.1, -0.05) is 5.16 Å². The molecule has 2 aromatic heterocycles. The van der Waals surface area contributed by atoms with Gasteiger partial charge in [0.05, 0.1) is 13.7 Å². The van der Waals surface area contributed by atoms with Crippen molar-refractivity contribution in [1.82, 2.24) is 24.7 Å². The predicted molar refractivity (Wildman–Crippen MR) is 112 cm³/mol. The molecule has 12 heteroatoms. The molecule has 170 valence electrons. The van der Waals surface area contributed by atoms with Crippen LogP contribution in [0.25, 0.3) is 11.4 Å². The van der Waals surface area contributed by atoms with Gasteiger partial charge in [0, 0.05) is 31.7 Å². The Labute approximate surface area is 185 Å². The summed E-state index contributed by atoms with van der Waals surface area (Å²) in [5.74, 6) is 1.39. The Morgan fingerprint density at radius 3 is 2.50 bits per heavy atom. The molecule has 0 radical (unpaired) electrons. The van der Waals surface area contributed by atoms with E-state index in [4.69, 9.17) is 13.7 Å². The molecule has 3 heterocycles. The van der Waals surface area contributed by atoms with Crippen molar-refractivity contribution in [1.29, 1.82) is 0 Å². The fourth-order valence-corrected chi connectivity index (χ4v) is 3.96. The maximum atomic E-state index is 12.6. The number of aromatic nitrogens is 2. The molecule has 1 aromatic carbocycles. The lowest BCUT2D eigenvalue weighted by Crippen LogP contribution is -2.48. The molecule has 4 rings (SSSR count). The number of sulfonamides is 1. The highest BCUT2D eigenvalue weighted by atomic mass is 32.2. The Bertz CT molecular complexity index is 1180. The van der Waals surface area contributed by atoms with E-state index in [0.717, 1.165) is 11.3 Å². The maximum Gasteiger partial charge on any atom is 0.289 e. The number of rotatable bonds is 7. The third-order valence-corrected chi connectivity index (χ3v) is 6.45. The van der Waals surface area contributed by atoms with Crippen molar-refractivity contribution < 1.29 is 26.9 Å². The summed E-state index contributed by atoms with van der Waals surface area (Å²) < 4.78 is 41.5. The smallest absolute Gasteiger partial charge is 0.289 e. The first-order valence-electron chi connectivity index (χ1n) is 9.91. The Balaban J connectivity index is 1.32. The van der Waals surface area contributed by atoms with E-state index in [1.807, 2.05) is 24.3 Å². The van der Waals surface area contributed by atoms with Crippen molar-refractivity contribution in [2.24, 2.45) is 0 Å². The third kappa shape index (κ3) is 4.66. The minimum absolute atomic E-state index is 0.00619. The highest BCUT2D eigenvalue weighted by Gasteiger charge is 2.27. The summed E-state index contributed by atoms with van der Waals surface area (Å²) in [6.07, 6.45) is 0. The number of piperazine rings is 1. The summed E-state index contributed by atoms with van der Waals surface area (Å²) >= 11 is 0. The Hall–Kier alpha value is -3.22. The van der Waals surface area contributed by atoms with Gasteiger partial charge < -0.3 is 18.6 Å². The summed E-state index contributed by atoms with van der Waals surface area (Å²) in [5.41, 5.74) is 0.828. The van der Waals surface area contributed by atoms with Crippen molar-refractivity contribution in [2.45, 2.75) is 11.6 Å². The molecule has 1 aliphatic heterocycles. The van der Waals surface area contributed by atoms with E-state index in [9.17, 15) is 13.2 Å². The largest absolute Gasteiger partial charge is 0.497 e. The van der Waals surface area contributed by atoms with Gasteiger partial charge in [-0.2, -0.15) is 4.98 Å². The average molecular weight is 462 g/mol. The van der Waals surface area contributed by atoms with Crippen LogP contribution in [-0.2, 0) is 16.6 Å². The third-order valence-electron chi connectivity index (χ3n) is 5.16. The number of carbonyl (C=O) groups is 1. The Morgan fingerprint density at radius 2 is 1.84 bits per heavy atom. The van der Waals surface area contributed by atoms with Gasteiger partial charge in [0.1, 0.15) is 5.75 Å². The first-order chi connectivity index (χ1) is 15.4. The van der Waals surface area contributed by atoms with Crippen LogP contribution in [-0.4, -0.2) is 74.6 Å². The molecule has 1 amide bonds. The highest BCUT2D eigenvalue weighted by molar-refractivity contribution is 7.89. The molecule has 1 fully saturated rings. The lowest BCUT2D eigenvalue weighted by atomic mass is 10.2. The molecular formula is C20H23N5O6S. The summed E-state index contributed by atoms with van der Waals surface area (Å²) in [6, 6.07) is 10.0. The number of furan rings is 1. The van der Waals surface area contributed by atoms with Gasteiger partial charge in [-0.3, -0.25) is 9.69 Å². The van der Waals surface area contributed by atoms with Crippen LogP contribution < -0.4 is 9.46 Å². The second kappa shape index (κ2) is 9.10. The standard InChI is InChI=1S/C20H23N5O6S/c1-21-32(27,28)18-8-7-16(30-18)20(26)25-11-9-24(10-12-25)13-17-22-19(23-31-17)14-3-5-15(29-2)6-4-14/h3-8,21H,9-13H2,1-2H3. The normalized spacial score (nSPS) is 15.1. The van der Waals surface area contributed by atoms with Gasteiger partial charge in [0.25, 0.3) is 15.9 Å². The van der Waals surface area contributed by atoms with Gasteiger partial charge in [0.15, 0.2) is 5.76 Å². The summed E-state index contributed by atoms with van der Waals surface area (Å²) in [4.78, 5) is 20.8. The molecular weight excluding hydrogens is 438 g/mol. The number of hydrogen-bond acceptors (Lipinski definition) is 9. The molecule has 0 bridgehead atoms. The number of nitrogens with zero attached hydrogens (tertiary/aromatic N) is 4. The van der Waals surface area contributed by atoms with Crippen LogP contribution in [0.4, 0.5) is 0 Å². The molecule has 0 spiro atoms. The lowest BCUT2D eigenvalue weighted by Gasteiger charge is -2.33. The van der Waals surface area contributed by atoms with Crippen molar-refractivity contribution in [3.05, 3.63) is 48.0 Å². The van der Waals surface area contributed by atoms with Gasteiger partial charge in [0.2, 0.25) is 16.8 Å². The molecule has 0 saturated carbocycles. The van der Waals surface area contributed by atoms with Gasteiger partial charge >= 0.3 is 0 Å². The maximum absolute atomic E-state index is 12.6. The van der Waals surface area contributed by atoms with Crippen LogP contribution in [0, 0.1) is 0 Å². The van der Waals surface area contributed by atoms with Gasteiger partial charge in [-0.15, -0.1) is 0 Å². The zero-order valence-corrected chi connectivity index (χ0v) is 18.5. The SMILES string of the molecule is CNS(=O)(=O)c1ccc(C(=O)N2CCN(Cc3nc(-c4ccc(OC)cc4)no3)CC2)o1. The summed E-state index contributed by atoms with van der Waals surface area (Å²) in [7, 11) is -0.846. The number of ether oxygens (including phenoxy) is 1. The van der Waals surface area contributed by atoms with Crippen molar-refractivity contribution in [3.8, 4) is 17.1 Å². The van der Waals surface area contributed by atoms with Crippen LogP contribution in [0.1, 0.15) is 16.4 Å². The van der Waals surface area contributed by atoms with E-state index in [1.54, 1.807) is 12.0 Å². The Morgan fingerprint density at radius 1 is 1.12 bits per heavy atom. The summed E-state index contributed by atoms with van der Waals surface area (Å²) in [5, 5.41) is 3.75. The van der Waals surface area contributed by atoms with E-state index in [2.05, 4.69) is 19.8 Å². The molecule has 0 aliphatic carbocycles. The average Bonchev–Trinajstić information content (AvgIpc) is 3.50. The monoisotopic (exact) mass is 461 g/mol. The number of nitrogens with one attached hydrogen (secondary N) is 1.